The molecule has 1 heterocycles. The van der Waals surface area contributed by atoms with Gasteiger partial charge < -0.3 is 5.11 Å². The Labute approximate surface area is 120 Å². The van der Waals surface area contributed by atoms with Crippen LogP contribution in [0.25, 0.3) is 0 Å². The van der Waals surface area contributed by atoms with Gasteiger partial charge >= 0.3 is 0 Å². The molecule has 0 bridgehead atoms. The highest BCUT2D eigenvalue weighted by Gasteiger charge is 2.42. The molecule has 1 aromatic carbocycles. The summed E-state index contributed by atoms with van der Waals surface area (Å²) < 4.78 is 13.4. The summed E-state index contributed by atoms with van der Waals surface area (Å²) in [6.45, 7) is 4.71. The molecule has 3 rings (SSSR count). The van der Waals surface area contributed by atoms with Crippen molar-refractivity contribution in [3.63, 3.8) is 0 Å². The molecule has 1 aliphatic heterocycles. The molecular weight excluding hydrogens is 253 g/mol. The second kappa shape index (κ2) is 5.45. The average molecular weight is 277 g/mol. The van der Waals surface area contributed by atoms with E-state index in [4.69, 9.17) is 0 Å². The van der Waals surface area contributed by atoms with E-state index in [1.807, 2.05) is 13.0 Å². The fourth-order valence-electron chi connectivity index (χ4n) is 3.83. The molecule has 1 saturated carbocycles. The smallest absolute Gasteiger partial charge is 0.123 e. The second-order valence-electron chi connectivity index (χ2n) is 6.60. The van der Waals surface area contributed by atoms with Crippen molar-refractivity contribution in [2.24, 2.45) is 5.92 Å². The van der Waals surface area contributed by atoms with E-state index in [9.17, 15) is 9.50 Å². The zero-order chi connectivity index (χ0) is 14.2. The highest BCUT2D eigenvalue weighted by molar-refractivity contribution is 5.26. The van der Waals surface area contributed by atoms with Gasteiger partial charge in [0.25, 0.3) is 0 Å². The van der Waals surface area contributed by atoms with Gasteiger partial charge in [0.05, 0.1) is 5.60 Å². The maximum absolute atomic E-state index is 13.4. The lowest BCUT2D eigenvalue weighted by Gasteiger charge is -2.47. The molecule has 1 N–H and O–H groups in total. The van der Waals surface area contributed by atoms with Gasteiger partial charge in [0.15, 0.2) is 0 Å². The first-order valence-electron chi connectivity index (χ1n) is 7.77. The van der Waals surface area contributed by atoms with Gasteiger partial charge in [0, 0.05) is 25.6 Å². The van der Waals surface area contributed by atoms with Crippen molar-refractivity contribution in [1.82, 2.24) is 4.90 Å². The SMILES string of the molecule is Cc1ccc(F)cc1CN1CCC2(O)CCCCC2C1. The third kappa shape index (κ3) is 2.75. The van der Waals surface area contributed by atoms with Crippen LogP contribution in [0.15, 0.2) is 18.2 Å². The summed E-state index contributed by atoms with van der Waals surface area (Å²) in [6.07, 6.45) is 5.36. The van der Waals surface area contributed by atoms with Crippen LogP contribution in [0.3, 0.4) is 0 Å². The first-order chi connectivity index (χ1) is 9.57. The van der Waals surface area contributed by atoms with E-state index < -0.39 is 5.60 Å². The van der Waals surface area contributed by atoms with Crippen LogP contribution in [-0.2, 0) is 6.54 Å². The van der Waals surface area contributed by atoms with Gasteiger partial charge in [0.2, 0.25) is 0 Å². The van der Waals surface area contributed by atoms with E-state index in [-0.39, 0.29) is 5.82 Å². The first-order valence-corrected chi connectivity index (χ1v) is 7.77. The Morgan fingerprint density at radius 3 is 3.05 bits per heavy atom. The van der Waals surface area contributed by atoms with Gasteiger partial charge in [-0.3, -0.25) is 4.90 Å². The third-order valence-electron chi connectivity index (χ3n) is 5.22. The number of nitrogens with zero attached hydrogens (tertiary/aromatic N) is 1. The Morgan fingerprint density at radius 2 is 2.20 bits per heavy atom. The Bertz CT molecular complexity index is 490. The van der Waals surface area contributed by atoms with Crippen LogP contribution in [-0.4, -0.2) is 28.7 Å². The van der Waals surface area contributed by atoms with Crippen molar-refractivity contribution in [1.29, 1.82) is 0 Å². The largest absolute Gasteiger partial charge is 0.390 e. The number of aryl methyl sites for hydroxylation is 1. The van der Waals surface area contributed by atoms with Crippen LogP contribution < -0.4 is 0 Å². The van der Waals surface area contributed by atoms with Crippen molar-refractivity contribution >= 4 is 0 Å². The molecule has 1 aliphatic carbocycles. The van der Waals surface area contributed by atoms with Gasteiger partial charge in [-0.2, -0.15) is 0 Å². The van der Waals surface area contributed by atoms with Gasteiger partial charge in [-0.15, -0.1) is 0 Å². The molecule has 0 amide bonds. The predicted molar refractivity (Wildman–Crippen MR) is 77.9 cm³/mol. The molecule has 0 radical (unpaired) electrons. The van der Waals surface area contributed by atoms with Crippen molar-refractivity contribution in [3.8, 4) is 0 Å². The lowest BCUT2D eigenvalue weighted by Crippen LogP contribution is -2.53. The molecule has 3 heteroatoms. The predicted octanol–water partition coefficient (Wildman–Crippen LogP) is 3.26. The van der Waals surface area contributed by atoms with Crippen LogP contribution in [0.1, 0.15) is 43.2 Å². The number of benzene rings is 1. The fraction of sp³-hybridized carbons (Fsp3) is 0.647. The van der Waals surface area contributed by atoms with Crippen molar-refractivity contribution in [2.75, 3.05) is 13.1 Å². The Balaban J connectivity index is 1.69. The van der Waals surface area contributed by atoms with E-state index >= 15 is 0 Å². The zero-order valence-corrected chi connectivity index (χ0v) is 12.2. The number of halogens is 1. The molecular formula is C17H24FNO. The van der Waals surface area contributed by atoms with Crippen LogP contribution in [0.5, 0.6) is 0 Å². The summed E-state index contributed by atoms with van der Waals surface area (Å²) in [6, 6.07) is 5.03. The number of rotatable bonds is 2. The van der Waals surface area contributed by atoms with Crippen molar-refractivity contribution < 1.29 is 9.50 Å². The zero-order valence-electron chi connectivity index (χ0n) is 12.2. The summed E-state index contributed by atoms with van der Waals surface area (Å²) in [4.78, 5) is 2.38. The van der Waals surface area contributed by atoms with Crippen LogP contribution in [0, 0.1) is 18.7 Å². The van der Waals surface area contributed by atoms with E-state index in [0.29, 0.717) is 5.92 Å². The minimum atomic E-state index is -0.425. The topological polar surface area (TPSA) is 23.5 Å². The van der Waals surface area contributed by atoms with Crippen LogP contribution >= 0.6 is 0 Å². The molecule has 2 atom stereocenters. The first kappa shape index (κ1) is 14.0. The number of fused-ring (bicyclic) bond motifs is 1. The third-order valence-corrected chi connectivity index (χ3v) is 5.22. The maximum atomic E-state index is 13.4. The molecule has 0 aromatic heterocycles. The number of hydrogen-bond donors (Lipinski definition) is 1. The summed E-state index contributed by atoms with van der Waals surface area (Å²) >= 11 is 0. The minimum absolute atomic E-state index is 0.156. The highest BCUT2D eigenvalue weighted by Crippen LogP contribution is 2.40. The monoisotopic (exact) mass is 277 g/mol. The summed E-state index contributed by atoms with van der Waals surface area (Å²) in [5.74, 6) is 0.246. The lowest BCUT2D eigenvalue weighted by atomic mass is 9.71. The molecule has 2 fully saturated rings. The van der Waals surface area contributed by atoms with Crippen LogP contribution in [0.4, 0.5) is 4.39 Å². The average Bonchev–Trinajstić information content (AvgIpc) is 2.43. The lowest BCUT2D eigenvalue weighted by molar-refractivity contribution is -0.0968. The summed E-state index contributed by atoms with van der Waals surface area (Å²) in [7, 11) is 0. The quantitative estimate of drug-likeness (QED) is 0.897. The number of piperidine rings is 1. The normalized spacial score (nSPS) is 31.1. The summed E-state index contributed by atoms with van der Waals surface area (Å²) in [5.41, 5.74) is 1.80. The van der Waals surface area contributed by atoms with E-state index in [2.05, 4.69) is 4.90 Å². The maximum Gasteiger partial charge on any atom is 0.123 e. The minimum Gasteiger partial charge on any atom is -0.390 e. The number of likely N-dealkylation sites (tertiary alicyclic amines) is 1. The molecule has 20 heavy (non-hydrogen) atoms. The second-order valence-corrected chi connectivity index (χ2v) is 6.60. The number of aliphatic hydroxyl groups is 1. The molecule has 1 saturated heterocycles. The van der Waals surface area contributed by atoms with Crippen molar-refractivity contribution in [3.05, 3.63) is 35.1 Å². The fourth-order valence-corrected chi connectivity index (χ4v) is 3.83. The Kier molecular flexibility index (Phi) is 3.83. The van der Waals surface area contributed by atoms with Gasteiger partial charge in [-0.1, -0.05) is 18.9 Å². The van der Waals surface area contributed by atoms with Gasteiger partial charge in [-0.25, -0.2) is 4.39 Å². The van der Waals surface area contributed by atoms with E-state index in [1.165, 1.54) is 12.5 Å². The van der Waals surface area contributed by atoms with Gasteiger partial charge in [0.1, 0.15) is 5.82 Å². The van der Waals surface area contributed by atoms with Crippen LogP contribution in [0.2, 0.25) is 0 Å². The van der Waals surface area contributed by atoms with Crippen molar-refractivity contribution in [2.45, 2.75) is 51.2 Å². The Hall–Kier alpha value is -0.930. The standard InChI is InChI=1S/C17H24FNO/c1-13-5-6-16(18)10-14(13)11-19-9-8-17(20)7-3-2-4-15(17)12-19/h5-6,10,15,20H,2-4,7-9,11-12H2,1H3. The highest BCUT2D eigenvalue weighted by atomic mass is 19.1. The summed E-state index contributed by atoms with van der Waals surface area (Å²) in [5, 5.41) is 10.7. The van der Waals surface area contributed by atoms with E-state index in [1.54, 1.807) is 6.07 Å². The van der Waals surface area contributed by atoms with Gasteiger partial charge in [-0.05, 0) is 49.4 Å². The number of hydrogen-bond acceptors (Lipinski definition) is 2. The molecule has 2 unspecified atom stereocenters. The Morgan fingerprint density at radius 1 is 1.35 bits per heavy atom. The molecule has 1 aromatic rings. The molecule has 2 nitrogen and oxygen atoms in total. The van der Waals surface area contributed by atoms with E-state index in [0.717, 1.165) is 56.4 Å². The molecule has 0 spiro atoms. The molecule has 2 aliphatic rings. The molecule has 110 valence electrons.